The summed E-state index contributed by atoms with van der Waals surface area (Å²) in [6.07, 6.45) is -1.51. The molecule has 0 saturated carbocycles. The van der Waals surface area contributed by atoms with Gasteiger partial charge >= 0.3 is 27.5 Å². The van der Waals surface area contributed by atoms with Gasteiger partial charge in [-0.3, -0.25) is 0 Å². The van der Waals surface area contributed by atoms with Gasteiger partial charge in [-0.05, 0) is 13.8 Å². The molecule has 1 atom stereocenters. The molecule has 0 aromatic heterocycles. The highest BCUT2D eigenvalue weighted by molar-refractivity contribution is 7.90. The number of carbonyl (C=O) groups excluding carboxylic acids is 2. The second-order valence-electron chi connectivity index (χ2n) is 4.82. The third-order valence-electron chi connectivity index (χ3n) is 2.43. The summed E-state index contributed by atoms with van der Waals surface area (Å²) in [6.45, 7) is 8.21. The summed E-state index contributed by atoms with van der Waals surface area (Å²) in [7, 11) is -5.51. The van der Waals surface area contributed by atoms with Crippen molar-refractivity contribution in [1.29, 1.82) is 0 Å². The van der Waals surface area contributed by atoms with Crippen LogP contribution in [0.25, 0.3) is 0 Å². The second-order valence-corrected chi connectivity index (χ2v) is 6.58. The minimum atomic E-state index is -5.51. The van der Waals surface area contributed by atoms with Crippen molar-refractivity contribution < 1.29 is 40.7 Å². The first kappa shape index (κ1) is 22.1. The van der Waals surface area contributed by atoms with Crippen molar-refractivity contribution in [2.75, 3.05) is 13.2 Å². The number of nitrogens with one attached hydrogen (secondary N) is 1. The Morgan fingerprint density at radius 3 is 2.04 bits per heavy atom. The lowest BCUT2D eigenvalue weighted by atomic mass is 10.2. The lowest BCUT2D eigenvalue weighted by molar-refractivity contribution is -0.154. The first-order valence-corrected chi connectivity index (χ1v) is 8.01. The van der Waals surface area contributed by atoms with Gasteiger partial charge in [0.2, 0.25) is 0 Å². The molecule has 0 aliphatic heterocycles. The molecule has 24 heavy (non-hydrogen) atoms. The summed E-state index contributed by atoms with van der Waals surface area (Å²) in [4.78, 5) is 22.7. The largest absolute Gasteiger partial charge is 0.511 e. The van der Waals surface area contributed by atoms with E-state index in [-0.39, 0.29) is 17.6 Å². The Hall–Kier alpha value is -1.88. The van der Waals surface area contributed by atoms with Crippen LogP contribution < -0.4 is 4.72 Å². The molecule has 11 heteroatoms. The van der Waals surface area contributed by atoms with E-state index >= 15 is 0 Å². The molecule has 0 fully saturated rings. The van der Waals surface area contributed by atoms with Crippen molar-refractivity contribution in [3.63, 3.8) is 0 Å². The van der Waals surface area contributed by atoms with E-state index in [1.807, 2.05) is 0 Å². The maximum atomic E-state index is 12.2. The highest BCUT2D eigenvalue weighted by Crippen LogP contribution is 2.21. The average Bonchev–Trinajstić information content (AvgIpc) is 2.42. The van der Waals surface area contributed by atoms with Crippen LogP contribution in [-0.4, -0.2) is 45.1 Å². The van der Waals surface area contributed by atoms with Gasteiger partial charge in [0.15, 0.2) is 0 Å². The number of rotatable bonds is 9. The van der Waals surface area contributed by atoms with Crippen molar-refractivity contribution in [2.45, 2.75) is 31.9 Å². The van der Waals surface area contributed by atoms with E-state index in [9.17, 15) is 31.2 Å². The number of esters is 2. The normalized spacial score (nSPS) is 13.0. The molecule has 7 nitrogen and oxygen atoms in total. The third-order valence-corrected chi connectivity index (χ3v) is 3.63. The summed E-state index contributed by atoms with van der Waals surface area (Å²) in [5.41, 5.74) is -5.37. The van der Waals surface area contributed by atoms with Gasteiger partial charge in [0.25, 0.3) is 0 Å². The Balaban J connectivity index is 4.76. The monoisotopic (exact) mass is 373 g/mol. The Labute approximate surface area is 137 Å². The third kappa shape index (κ3) is 7.59. The molecule has 0 saturated heterocycles. The number of sulfonamides is 1. The van der Waals surface area contributed by atoms with Gasteiger partial charge in [-0.25, -0.2) is 22.7 Å². The van der Waals surface area contributed by atoms with Crippen LogP contribution in [0.3, 0.4) is 0 Å². The van der Waals surface area contributed by atoms with Crippen LogP contribution in [0.5, 0.6) is 0 Å². The van der Waals surface area contributed by atoms with E-state index in [2.05, 4.69) is 13.2 Å². The lowest BCUT2D eigenvalue weighted by Crippen LogP contribution is -2.39. The van der Waals surface area contributed by atoms with Gasteiger partial charge in [-0.1, -0.05) is 13.2 Å². The summed E-state index contributed by atoms with van der Waals surface area (Å²) in [5.74, 6) is -1.65. The second kappa shape index (κ2) is 8.83. The Morgan fingerprint density at radius 2 is 1.62 bits per heavy atom. The molecule has 138 valence electrons. The quantitative estimate of drug-likeness (QED) is 0.485. The molecule has 0 aliphatic carbocycles. The molecule has 0 amide bonds. The van der Waals surface area contributed by atoms with E-state index in [0.717, 1.165) is 0 Å². The topological polar surface area (TPSA) is 98.8 Å². The minimum absolute atomic E-state index is 0.0158. The number of hydrogen-bond acceptors (Lipinski definition) is 6. The van der Waals surface area contributed by atoms with Crippen molar-refractivity contribution in [2.24, 2.45) is 0 Å². The molecule has 1 unspecified atom stereocenters. The number of carbonyl (C=O) groups is 2. The van der Waals surface area contributed by atoms with E-state index in [4.69, 9.17) is 9.47 Å². The van der Waals surface area contributed by atoms with Crippen LogP contribution in [0.15, 0.2) is 24.3 Å². The zero-order valence-electron chi connectivity index (χ0n) is 13.1. The summed E-state index contributed by atoms with van der Waals surface area (Å²) < 4.78 is 69.2. The van der Waals surface area contributed by atoms with Gasteiger partial charge < -0.3 is 9.47 Å². The highest BCUT2D eigenvalue weighted by atomic mass is 32.2. The van der Waals surface area contributed by atoms with Crippen LogP contribution in [0, 0.1) is 0 Å². The Bertz CT molecular complexity index is 612. The van der Waals surface area contributed by atoms with Gasteiger partial charge in [0, 0.05) is 24.1 Å². The number of halogens is 3. The Kier molecular flexibility index (Phi) is 8.14. The van der Waals surface area contributed by atoms with Gasteiger partial charge in [0.1, 0.15) is 12.7 Å². The van der Waals surface area contributed by atoms with E-state index in [0.29, 0.717) is 0 Å². The fraction of sp³-hybridized carbons (Fsp3) is 0.538. The smallest absolute Gasteiger partial charge is 0.458 e. The Morgan fingerprint density at radius 1 is 1.12 bits per heavy atom. The van der Waals surface area contributed by atoms with Crippen molar-refractivity contribution in [3.05, 3.63) is 24.3 Å². The molecule has 0 bridgehead atoms. The molecule has 0 aromatic carbocycles. The molecule has 0 heterocycles. The maximum Gasteiger partial charge on any atom is 0.511 e. The van der Waals surface area contributed by atoms with E-state index in [1.165, 1.54) is 18.6 Å². The minimum Gasteiger partial charge on any atom is -0.458 e. The van der Waals surface area contributed by atoms with E-state index in [1.54, 1.807) is 0 Å². The predicted molar refractivity (Wildman–Crippen MR) is 78.1 cm³/mol. The summed E-state index contributed by atoms with van der Waals surface area (Å²) in [6, 6.07) is 0. The van der Waals surface area contributed by atoms with Crippen LogP contribution in [-0.2, 0) is 29.1 Å². The van der Waals surface area contributed by atoms with E-state index < -0.39 is 46.7 Å². The van der Waals surface area contributed by atoms with Crippen LogP contribution >= 0.6 is 0 Å². The fourth-order valence-electron chi connectivity index (χ4n) is 1.16. The van der Waals surface area contributed by atoms with Gasteiger partial charge in [-0.15, -0.1) is 0 Å². The van der Waals surface area contributed by atoms with Crippen LogP contribution in [0.2, 0.25) is 0 Å². The molecule has 1 N–H and O–H groups in total. The first-order chi connectivity index (χ1) is 10.8. The SMILES string of the molecule is C=C(C)C(=O)OCC(CCNS(=O)(=O)C(F)(F)F)OC(=O)C(=C)C. The van der Waals surface area contributed by atoms with Gasteiger partial charge in [-0.2, -0.15) is 13.2 Å². The first-order valence-electron chi connectivity index (χ1n) is 6.53. The molecule has 0 aliphatic rings. The molecule has 0 rings (SSSR count). The average molecular weight is 373 g/mol. The molecular formula is C13H18F3NO6S. The predicted octanol–water partition coefficient (Wildman–Crippen LogP) is 1.42. The highest BCUT2D eigenvalue weighted by Gasteiger charge is 2.45. The lowest BCUT2D eigenvalue weighted by Gasteiger charge is -2.18. The number of hydrogen-bond donors (Lipinski definition) is 1. The van der Waals surface area contributed by atoms with Crippen molar-refractivity contribution in [3.8, 4) is 0 Å². The molecule has 0 radical (unpaired) electrons. The van der Waals surface area contributed by atoms with Crippen LogP contribution in [0.4, 0.5) is 13.2 Å². The molecular weight excluding hydrogens is 355 g/mol. The standard InChI is InChI=1S/C13H18F3NO6S/c1-8(2)11(18)22-7-10(23-12(19)9(3)4)5-6-17-24(20,21)13(14,15)16/h10,17H,1,3,5-7H2,2,4H3. The zero-order chi connectivity index (χ0) is 19.1. The number of ether oxygens (including phenoxy) is 2. The van der Waals surface area contributed by atoms with Crippen LogP contribution in [0.1, 0.15) is 20.3 Å². The fourth-order valence-corrected chi connectivity index (χ4v) is 1.71. The molecule has 0 aromatic rings. The number of alkyl halides is 3. The van der Waals surface area contributed by atoms with Gasteiger partial charge in [0.05, 0.1) is 0 Å². The summed E-state index contributed by atoms with van der Waals surface area (Å²) in [5, 5.41) is 0. The molecule has 0 spiro atoms. The van der Waals surface area contributed by atoms with Crippen molar-refractivity contribution in [1.82, 2.24) is 4.72 Å². The maximum absolute atomic E-state index is 12.2. The summed E-state index contributed by atoms with van der Waals surface area (Å²) >= 11 is 0. The zero-order valence-corrected chi connectivity index (χ0v) is 13.9. The van der Waals surface area contributed by atoms with Crippen molar-refractivity contribution >= 4 is 22.0 Å².